The number of rotatable bonds is 7. The van der Waals surface area contributed by atoms with Gasteiger partial charge >= 0.3 is 0 Å². The average molecular weight is 249 g/mol. The van der Waals surface area contributed by atoms with Crippen LogP contribution in [-0.2, 0) is 17.8 Å². The molecule has 0 radical (unpaired) electrons. The van der Waals surface area contributed by atoms with Crippen molar-refractivity contribution in [3.8, 4) is 0 Å². The summed E-state index contributed by atoms with van der Waals surface area (Å²) in [6.45, 7) is 4.27. The van der Waals surface area contributed by atoms with Crippen molar-refractivity contribution in [2.45, 2.75) is 32.7 Å². The molecule has 1 amide bonds. The Bertz CT molecular complexity index is 362. The van der Waals surface area contributed by atoms with Crippen LogP contribution in [0.4, 0.5) is 0 Å². The first-order chi connectivity index (χ1) is 8.65. The number of carbonyl (C=O) groups is 1. The highest BCUT2D eigenvalue weighted by molar-refractivity contribution is 5.77. The molecule has 18 heavy (non-hydrogen) atoms. The topological polar surface area (TPSA) is 58.4 Å². The van der Waals surface area contributed by atoms with Crippen LogP contribution in [0.2, 0.25) is 0 Å². The van der Waals surface area contributed by atoms with Gasteiger partial charge in [0.2, 0.25) is 5.91 Å². The summed E-state index contributed by atoms with van der Waals surface area (Å²) in [5.41, 5.74) is 4.39. The van der Waals surface area contributed by atoms with Gasteiger partial charge in [0.25, 0.3) is 0 Å². The summed E-state index contributed by atoms with van der Waals surface area (Å²) in [7, 11) is 2.13. The van der Waals surface area contributed by atoms with Gasteiger partial charge in [-0.3, -0.25) is 10.2 Å². The highest BCUT2D eigenvalue weighted by atomic mass is 16.2. The molecule has 0 aliphatic rings. The minimum atomic E-state index is -0.164. The van der Waals surface area contributed by atoms with Gasteiger partial charge in [-0.15, -0.1) is 0 Å². The van der Waals surface area contributed by atoms with Crippen molar-refractivity contribution in [1.29, 1.82) is 0 Å². The molecule has 0 heterocycles. The van der Waals surface area contributed by atoms with Crippen LogP contribution in [0.15, 0.2) is 24.3 Å². The molecule has 0 saturated heterocycles. The zero-order chi connectivity index (χ0) is 13.4. The van der Waals surface area contributed by atoms with Crippen molar-refractivity contribution >= 4 is 5.91 Å². The molecular formula is C14H23N3O. The maximum atomic E-state index is 11.1. The summed E-state index contributed by atoms with van der Waals surface area (Å²) in [6, 6.07) is 8.11. The molecule has 0 fully saturated rings. The maximum Gasteiger partial charge on any atom is 0.238 e. The Hall–Kier alpha value is -1.39. The number of nitrogens with zero attached hydrogens (tertiary/aromatic N) is 1. The number of hydrogen-bond acceptors (Lipinski definition) is 3. The zero-order valence-electron chi connectivity index (χ0n) is 11.3. The van der Waals surface area contributed by atoms with E-state index in [-0.39, 0.29) is 5.91 Å². The second kappa shape index (κ2) is 7.84. The van der Waals surface area contributed by atoms with Crippen molar-refractivity contribution in [2.24, 2.45) is 5.84 Å². The summed E-state index contributed by atoms with van der Waals surface area (Å²) >= 11 is 0. The normalized spacial score (nSPS) is 10.7. The molecule has 0 bridgehead atoms. The number of unbranched alkanes of at least 4 members (excludes halogenated alkanes) is 1. The monoisotopic (exact) mass is 249 g/mol. The predicted octanol–water partition coefficient (Wildman–Crippen LogP) is 1.45. The lowest BCUT2D eigenvalue weighted by Crippen LogP contribution is -2.31. The van der Waals surface area contributed by atoms with E-state index in [9.17, 15) is 4.79 Å². The molecule has 100 valence electrons. The van der Waals surface area contributed by atoms with Crippen molar-refractivity contribution in [1.82, 2.24) is 10.3 Å². The quantitative estimate of drug-likeness (QED) is 0.437. The number of hydrazine groups is 1. The number of nitrogens with two attached hydrogens (primary N) is 1. The minimum Gasteiger partial charge on any atom is -0.302 e. The molecule has 0 saturated carbocycles. The lowest BCUT2D eigenvalue weighted by atomic mass is 10.1. The van der Waals surface area contributed by atoms with Crippen LogP contribution in [0.3, 0.4) is 0 Å². The fourth-order valence-electron chi connectivity index (χ4n) is 1.82. The van der Waals surface area contributed by atoms with E-state index in [0.717, 1.165) is 18.7 Å². The third-order valence-electron chi connectivity index (χ3n) is 2.89. The molecule has 0 atom stereocenters. The molecule has 1 rings (SSSR count). The van der Waals surface area contributed by atoms with Crippen LogP contribution in [0.5, 0.6) is 0 Å². The Morgan fingerprint density at radius 1 is 1.28 bits per heavy atom. The lowest BCUT2D eigenvalue weighted by molar-refractivity contribution is -0.120. The van der Waals surface area contributed by atoms with Gasteiger partial charge in [0, 0.05) is 6.54 Å². The molecule has 0 spiro atoms. The Morgan fingerprint density at radius 2 is 1.89 bits per heavy atom. The first-order valence-corrected chi connectivity index (χ1v) is 6.41. The van der Waals surface area contributed by atoms with E-state index in [1.54, 1.807) is 0 Å². The Labute approximate surface area is 109 Å². The summed E-state index contributed by atoms with van der Waals surface area (Å²) in [5.74, 6) is 4.89. The van der Waals surface area contributed by atoms with Crippen LogP contribution in [0, 0.1) is 0 Å². The fraction of sp³-hybridized carbons (Fsp3) is 0.500. The molecule has 0 unspecified atom stereocenters. The Morgan fingerprint density at radius 3 is 2.44 bits per heavy atom. The molecule has 1 aromatic rings. The SMILES string of the molecule is CCCCN(C)Cc1ccc(CC(=O)NN)cc1. The number of nitrogens with one attached hydrogen (secondary N) is 1. The van der Waals surface area contributed by atoms with Crippen molar-refractivity contribution in [3.63, 3.8) is 0 Å². The second-order valence-corrected chi connectivity index (χ2v) is 4.65. The van der Waals surface area contributed by atoms with Crippen LogP contribution < -0.4 is 11.3 Å². The van der Waals surface area contributed by atoms with E-state index in [1.165, 1.54) is 18.4 Å². The number of hydrogen-bond donors (Lipinski definition) is 2. The van der Waals surface area contributed by atoms with Gasteiger partial charge in [0.05, 0.1) is 6.42 Å². The van der Waals surface area contributed by atoms with Gasteiger partial charge in [0.15, 0.2) is 0 Å². The number of amides is 1. The van der Waals surface area contributed by atoms with Crippen LogP contribution >= 0.6 is 0 Å². The van der Waals surface area contributed by atoms with Gasteiger partial charge in [-0.2, -0.15) is 0 Å². The molecule has 4 heteroatoms. The number of carbonyl (C=O) groups excluding carboxylic acids is 1. The lowest BCUT2D eigenvalue weighted by Gasteiger charge is -2.16. The van der Waals surface area contributed by atoms with E-state index in [2.05, 4.69) is 36.4 Å². The van der Waals surface area contributed by atoms with E-state index < -0.39 is 0 Å². The molecule has 0 aromatic heterocycles. The third kappa shape index (κ3) is 5.29. The van der Waals surface area contributed by atoms with Crippen molar-refractivity contribution in [3.05, 3.63) is 35.4 Å². The van der Waals surface area contributed by atoms with Crippen LogP contribution in [-0.4, -0.2) is 24.4 Å². The average Bonchev–Trinajstić information content (AvgIpc) is 2.38. The summed E-state index contributed by atoms with van der Waals surface area (Å²) < 4.78 is 0. The smallest absolute Gasteiger partial charge is 0.238 e. The predicted molar refractivity (Wildman–Crippen MR) is 73.7 cm³/mol. The molecular weight excluding hydrogens is 226 g/mol. The second-order valence-electron chi connectivity index (χ2n) is 4.65. The van der Waals surface area contributed by atoms with Gasteiger partial charge in [0.1, 0.15) is 0 Å². The van der Waals surface area contributed by atoms with E-state index in [0.29, 0.717) is 6.42 Å². The largest absolute Gasteiger partial charge is 0.302 e. The molecule has 4 nitrogen and oxygen atoms in total. The molecule has 0 aliphatic heterocycles. The van der Waals surface area contributed by atoms with Crippen molar-refractivity contribution < 1.29 is 4.79 Å². The summed E-state index contributed by atoms with van der Waals surface area (Å²) in [4.78, 5) is 13.4. The van der Waals surface area contributed by atoms with E-state index in [1.807, 2.05) is 12.1 Å². The fourth-order valence-corrected chi connectivity index (χ4v) is 1.82. The highest BCUT2D eigenvalue weighted by Crippen LogP contribution is 2.08. The van der Waals surface area contributed by atoms with Gasteiger partial charge in [-0.05, 0) is 31.1 Å². The molecule has 0 aliphatic carbocycles. The minimum absolute atomic E-state index is 0.164. The third-order valence-corrected chi connectivity index (χ3v) is 2.89. The van der Waals surface area contributed by atoms with Gasteiger partial charge in [-0.1, -0.05) is 37.6 Å². The van der Waals surface area contributed by atoms with E-state index >= 15 is 0 Å². The first-order valence-electron chi connectivity index (χ1n) is 6.41. The van der Waals surface area contributed by atoms with Gasteiger partial charge in [-0.25, -0.2) is 5.84 Å². The first kappa shape index (κ1) is 14.7. The molecule has 1 aromatic carbocycles. The summed E-state index contributed by atoms with van der Waals surface area (Å²) in [5, 5.41) is 0. The van der Waals surface area contributed by atoms with Crippen molar-refractivity contribution in [2.75, 3.05) is 13.6 Å². The highest BCUT2D eigenvalue weighted by Gasteiger charge is 2.03. The Balaban J connectivity index is 2.47. The van der Waals surface area contributed by atoms with Crippen LogP contribution in [0.1, 0.15) is 30.9 Å². The standard InChI is InChI=1S/C14H23N3O/c1-3-4-9-17(2)11-13-7-5-12(6-8-13)10-14(18)16-15/h5-8H,3-4,9-11,15H2,1-2H3,(H,16,18). The maximum absolute atomic E-state index is 11.1. The molecule has 3 N–H and O–H groups in total. The number of benzene rings is 1. The van der Waals surface area contributed by atoms with Gasteiger partial charge < -0.3 is 4.90 Å². The van der Waals surface area contributed by atoms with E-state index in [4.69, 9.17) is 5.84 Å². The zero-order valence-corrected chi connectivity index (χ0v) is 11.3. The van der Waals surface area contributed by atoms with Crippen LogP contribution in [0.25, 0.3) is 0 Å². The Kier molecular flexibility index (Phi) is 6.39. The summed E-state index contributed by atoms with van der Waals surface area (Å²) in [6.07, 6.45) is 2.78.